The number of alkyl halides is 1. The number of fused-ring (bicyclic) bond motifs is 1. The van der Waals surface area contributed by atoms with Crippen LogP contribution in [0.5, 0.6) is 5.75 Å². The first-order valence-electron chi connectivity index (χ1n) is 11.2. The standard InChI is InChI=1S/C26H29FO4/c1-2-22(29)20-13-18(23(30)12-16-8-10-19(28)11-9-16)14-21-25(17-6-4-3-5-7-17)24(15-27)31-26(20)21/h3-7,13-14,16,19,24-25,28H,2,8-12,15H2,1H3/t16?,19?,24-,25+/m1/s1. The quantitative estimate of drug-likeness (QED) is 0.616. The lowest BCUT2D eigenvalue weighted by molar-refractivity contribution is 0.0859. The van der Waals surface area contributed by atoms with Gasteiger partial charge < -0.3 is 9.84 Å². The van der Waals surface area contributed by atoms with Crippen molar-refractivity contribution in [3.63, 3.8) is 0 Å². The number of ether oxygens (including phenoxy) is 1. The van der Waals surface area contributed by atoms with Gasteiger partial charge in [-0.1, -0.05) is 37.3 Å². The second-order valence-electron chi connectivity index (χ2n) is 8.72. The molecule has 0 radical (unpaired) electrons. The summed E-state index contributed by atoms with van der Waals surface area (Å²) in [5.74, 6) is 0.181. The molecule has 1 heterocycles. The van der Waals surface area contributed by atoms with E-state index in [1.54, 1.807) is 19.1 Å². The van der Waals surface area contributed by atoms with Crippen LogP contribution < -0.4 is 4.74 Å². The molecule has 0 amide bonds. The van der Waals surface area contributed by atoms with Gasteiger partial charge in [-0.25, -0.2) is 4.39 Å². The number of aliphatic hydroxyl groups is 1. The van der Waals surface area contributed by atoms with Gasteiger partial charge in [-0.15, -0.1) is 0 Å². The topological polar surface area (TPSA) is 63.6 Å². The Balaban J connectivity index is 1.72. The van der Waals surface area contributed by atoms with Gasteiger partial charge in [0, 0.05) is 24.0 Å². The Kier molecular flexibility index (Phi) is 6.51. The zero-order valence-electron chi connectivity index (χ0n) is 17.9. The predicted molar refractivity (Wildman–Crippen MR) is 117 cm³/mol. The number of hydrogen-bond acceptors (Lipinski definition) is 4. The van der Waals surface area contributed by atoms with E-state index < -0.39 is 12.8 Å². The van der Waals surface area contributed by atoms with E-state index in [-0.39, 0.29) is 35.9 Å². The van der Waals surface area contributed by atoms with Crippen LogP contribution in [0.2, 0.25) is 0 Å². The number of hydrogen-bond donors (Lipinski definition) is 1. The van der Waals surface area contributed by atoms with E-state index in [0.717, 1.165) is 36.8 Å². The molecule has 2 aromatic carbocycles. The fraction of sp³-hybridized carbons (Fsp3) is 0.462. The zero-order valence-corrected chi connectivity index (χ0v) is 17.9. The molecule has 0 unspecified atom stereocenters. The number of ketones is 2. The van der Waals surface area contributed by atoms with Crippen molar-refractivity contribution in [3.05, 3.63) is 64.7 Å². The van der Waals surface area contributed by atoms with E-state index in [1.807, 2.05) is 30.3 Å². The van der Waals surface area contributed by atoms with Crippen molar-refractivity contribution < 1.29 is 23.8 Å². The molecule has 4 nitrogen and oxygen atoms in total. The first-order valence-corrected chi connectivity index (χ1v) is 11.2. The van der Waals surface area contributed by atoms with E-state index in [0.29, 0.717) is 23.3 Å². The maximum absolute atomic E-state index is 13.9. The molecule has 31 heavy (non-hydrogen) atoms. The van der Waals surface area contributed by atoms with Gasteiger partial charge in [0.2, 0.25) is 0 Å². The summed E-state index contributed by atoms with van der Waals surface area (Å²) >= 11 is 0. The minimum absolute atomic E-state index is 0.00940. The molecule has 0 aromatic heterocycles. The largest absolute Gasteiger partial charge is 0.486 e. The molecular formula is C26H29FO4. The highest BCUT2D eigenvalue weighted by Crippen LogP contribution is 2.45. The van der Waals surface area contributed by atoms with E-state index in [2.05, 4.69) is 0 Å². The number of aliphatic hydroxyl groups excluding tert-OH is 1. The Morgan fingerprint density at radius 1 is 1.06 bits per heavy atom. The van der Waals surface area contributed by atoms with Crippen LogP contribution in [-0.2, 0) is 0 Å². The monoisotopic (exact) mass is 424 g/mol. The molecule has 5 heteroatoms. The van der Waals surface area contributed by atoms with Gasteiger partial charge in [-0.2, -0.15) is 0 Å². The molecule has 2 aromatic rings. The molecule has 1 aliphatic carbocycles. The lowest BCUT2D eigenvalue weighted by Crippen LogP contribution is -2.22. The highest BCUT2D eigenvalue weighted by Gasteiger charge is 2.39. The summed E-state index contributed by atoms with van der Waals surface area (Å²) in [5, 5.41) is 9.73. The minimum atomic E-state index is -0.717. The number of benzene rings is 2. The van der Waals surface area contributed by atoms with E-state index in [9.17, 15) is 19.1 Å². The normalized spacial score (nSPS) is 25.0. The Labute approximate surface area is 182 Å². The van der Waals surface area contributed by atoms with Crippen molar-refractivity contribution in [2.24, 2.45) is 5.92 Å². The predicted octanol–water partition coefficient (Wildman–Crippen LogP) is 5.27. The lowest BCUT2D eigenvalue weighted by atomic mass is 9.82. The van der Waals surface area contributed by atoms with Crippen LogP contribution in [-0.4, -0.2) is 35.6 Å². The molecule has 2 atom stereocenters. The first kappa shape index (κ1) is 21.7. The maximum Gasteiger partial charge on any atom is 0.166 e. The van der Waals surface area contributed by atoms with Gasteiger partial charge in [0.15, 0.2) is 11.6 Å². The third-order valence-corrected chi connectivity index (χ3v) is 6.64. The van der Waals surface area contributed by atoms with Crippen molar-refractivity contribution in [3.8, 4) is 5.75 Å². The Morgan fingerprint density at radius 3 is 2.42 bits per heavy atom. The van der Waals surface area contributed by atoms with Crippen LogP contribution in [0.3, 0.4) is 0 Å². The molecule has 2 aliphatic rings. The van der Waals surface area contributed by atoms with Crippen LogP contribution in [0.25, 0.3) is 0 Å². The summed E-state index contributed by atoms with van der Waals surface area (Å²) in [4.78, 5) is 25.9. The van der Waals surface area contributed by atoms with Crippen molar-refractivity contribution in [2.75, 3.05) is 6.67 Å². The Morgan fingerprint density at radius 2 is 1.77 bits per heavy atom. The number of rotatable bonds is 7. The Hall–Kier alpha value is -2.53. The summed E-state index contributed by atoms with van der Waals surface area (Å²) in [5.41, 5.74) is 2.49. The third kappa shape index (κ3) is 4.42. The molecule has 0 saturated heterocycles. The molecule has 1 fully saturated rings. The van der Waals surface area contributed by atoms with Crippen molar-refractivity contribution in [2.45, 2.75) is 63.6 Å². The minimum Gasteiger partial charge on any atom is -0.486 e. The Bertz CT molecular complexity index is 947. The van der Waals surface area contributed by atoms with Crippen LogP contribution >= 0.6 is 0 Å². The van der Waals surface area contributed by atoms with Crippen molar-refractivity contribution >= 4 is 11.6 Å². The average Bonchev–Trinajstić information content (AvgIpc) is 3.18. The van der Waals surface area contributed by atoms with Crippen LogP contribution in [0.1, 0.15) is 83.2 Å². The summed E-state index contributed by atoms with van der Waals surface area (Å²) in [7, 11) is 0. The first-order chi connectivity index (χ1) is 15.0. The van der Waals surface area contributed by atoms with E-state index in [1.165, 1.54) is 0 Å². The smallest absolute Gasteiger partial charge is 0.166 e. The summed E-state index contributed by atoms with van der Waals surface area (Å²) in [6, 6.07) is 13.0. The van der Waals surface area contributed by atoms with E-state index >= 15 is 0 Å². The van der Waals surface area contributed by atoms with E-state index in [4.69, 9.17) is 4.74 Å². The fourth-order valence-electron chi connectivity index (χ4n) is 4.90. The van der Waals surface area contributed by atoms with Crippen LogP contribution in [0.15, 0.2) is 42.5 Å². The number of Topliss-reactive ketones (excluding diaryl/α,β-unsaturated/α-hetero) is 2. The number of carbonyl (C=O) groups excluding carboxylic acids is 2. The van der Waals surface area contributed by atoms with Gasteiger partial charge in [0.05, 0.1) is 17.6 Å². The summed E-state index contributed by atoms with van der Waals surface area (Å²) in [6.07, 6.45) is 2.82. The second-order valence-corrected chi connectivity index (χ2v) is 8.72. The summed E-state index contributed by atoms with van der Waals surface area (Å²) < 4.78 is 19.9. The fourth-order valence-corrected chi connectivity index (χ4v) is 4.90. The maximum atomic E-state index is 13.9. The van der Waals surface area contributed by atoms with Gasteiger partial charge in [0.1, 0.15) is 18.5 Å². The SMILES string of the molecule is CCC(=O)c1cc(C(=O)CC2CCC(O)CC2)cc2c1O[C@H](CF)[C@H]2c1ccccc1. The molecule has 4 rings (SSSR count). The van der Waals surface area contributed by atoms with Crippen LogP contribution in [0.4, 0.5) is 4.39 Å². The number of halogens is 1. The molecule has 0 bridgehead atoms. The third-order valence-electron chi connectivity index (χ3n) is 6.64. The molecule has 1 aliphatic heterocycles. The molecular weight excluding hydrogens is 395 g/mol. The highest BCUT2D eigenvalue weighted by molar-refractivity contribution is 6.04. The second kappa shape index (κ2) is 9.31. The van der Waals surface area contributed by atoms with Crippen molar-refractivity contribution in [1.29, 1.82) is 0 Å². The highest BCUT2D eigenvalue weighted by atomic mass is 19.1. The lowest BCUT2D eigenvalue weighted by Gasteiger charge is -2.24. The molecule has 1 saturated carbocycles. The van der Waals surface area contributed by atoms with Gasteiger partial charge in [-0.3, -0.25) is 9.59 Å². The average molecular weight is 425 g/mol. The van der Waals surface area contributed by atoms with Gasteiger partial charge in [-0.05, 0) is 49.3 Å². The zero-order chi connectivity index (χ0) is 22.0. The molecule has 1 N–H and O–H groups in total. The van der Waals surface area contributed by atoms with Crippen LogP contribution in [0, 0.1) is 5.92 Å². The summed E-state index contributed by atoms with van der Waals surface area (Å²) in [6.45, 7) is 1.09. The van der Waals surface area contributed by atoms with Gasteiger partial charge in [0.25, 0.3) is 0 Å². The van der Waals surface area contributed by atoms with Crippen molar-refractivity contribution in [1.82, 2.24) is 0 Å². The molecule has 0 spiro atoms. The van der Waals surface area contributed by atoms with Gasteiger partial charge >= 0.3 is 0 Å². The molecule has 164 valence electrons. The number of carbonyl (C=O) groups is 2.